The molecule has 0 bridgehead atoms. The van der Waals surface area contributed by atoms with Crippen LogP contribution < -0.4 is 9.47 Å². The molecule has 0 aliphatic carbocycles. The largest absolute Gasteiger partial charge is 0.480 e. The van der Waals surface area contributed by atoms with E-state index in [1.165, 1.54) is 33.3 Å². The van der Waals surface area contributed by atoms with Crippen molar-refractivity contribution in [3.05, 3.63) is 35.7 Å². The number of alkyl halides is 2. The van der Waals surface area contributed by atoms with E-state index in [0.29, 0.717) is 11.6 Å². The molecule has 0 fully saturated rings. The molecule has 0 aliphatic rings. The summed E-state index contributed by atoms with van der Waals surface area (Å²) < 4.78 is 34.5. The van der Waals surface area contributed by atoms with E-state index in [0.717, 1.165) is 6.92 Å². The SMILES string of the molecule is COc1ccc(C(C)(F)F)nn1.COc1ccc(C(C)=O)nn1. The molecule has 124 valence electrons. The molecule has 9 heteroatoms. The number of hydrogen-bond donors (Lipinski definition) is 0. The predicted molar refractivity (Wildman–Crippen MR) is 76.7 cm³/mol. The molecular formula is C14H16F2N4O3. The average molecular weight is 326 g/mol. The van der Waals surface area contributed by atoms with Gasteiger partial charge < -0.3 is 9.47 Å². The number of carbonyl (C=O) groups is 1. The zero-order valence-corrected chi connectivity index (χ0v) is 13.1. The summed E-state index contributed by atoms with van der Waals surface area (Å²) in [5, 5.41) is 14.0. The first-order valence-electron chi connectivity index (χ1n) is 6.42. The quantitative estimate of drug-likeness (QED) is 0.797. The van der Waals surface area contributed by atoms with E-state index in [1.54, 1.807) is 12.1 Å². The lowest BCUT2D eigenvalue weighted by atomic mass is 10.2. The molecule has 2 aromatic rings. The van der Waals surface area contributed by atoms with Crippen LogP contribution in [0.25, 0.3) is 0 Å². The van der Waals surface area contributed by atoms with E-state index in [9.17, 15) is 13.6 Å². The second-order valence-electron chi connectivity index (χ2n) is 4.37. The first-order valence-corrected chi connectivity index (χ1v) is 6.42. The van der Waals surface area contributed by atoms with Gasteiger partial charge in [-0.2, -0.15) is 8.78 Å². The molecule has 2 heterocycles. The van der Waals surface area contributed by atoms with Crippen molar-refractivity contribution in [1.29, 1.82) is 0 Å². The van der Waals surface area contributed by atoms with E-state index in [1.807, 2.05) is 0 Å². The van der Waals surface area contributed by atoms with Crippen LogP contribution in [0.15, 0.2) is 24.3 Å². The van der Waals surface area contributed by atoms with Gasteiger partial charge in [0.05, 0.1) is 14.2 Å². The summed E-state index contributed by atoms with van der Waals surface area (Å²) in [5.41, 5.74) is -0.00546. The van der Waals surface area contributed by atoms with Crippen LogP contribution in [0.3, 0.4) is 0 Å². The number of Topliss-reactive ketones (excluding diaryl/α,β-unsaturated/α-hetero) is 1. The highest BCUT2D eigenvalue weighted by molar-refractivity contribution is 5.91. The molecule has 0 aromatic carbocycles. The molecule has 7 nitrogen and oxygen atoms in total. The molecule has 23 heavy (non-hydrogen) atoms. The van der Waals surface area contributed by atoms with Gasteiger partial charge >= 0.3 is 0 Å². The van der Waals surface area contributed by atoms with Crippen molar-refractivity contribution in [1.82, 2.24) is 20.4 Å². The number of rotatable bonds is 4. The molecule has 0 unspecified atom stereocenters. The van der Waals surface area contributed by atoms with Gasteiger partial charge in [0.25, 0.3) is 5.92 Å². The third-order valence-electron chi connectivity index (χ3n) is 2.51. The Labute approximate surface area is 131 Å². The Morgan fingerprint density at radius 1 is 0.957 bits per heavy atom. The molecule has 0 atom stereocenters. The maximum absolute atomic E-state index is 12.5. The van der Waals surface area contributed by atoms with Gasteiger partial charge in [0.2, 0.25) is 11.8 Å². The molecule has 0 radical (unpaired) electrons. The van der Waals surface area contributed by atoms with Crippen molar-refractivity contribution in [2.24, 2.45) is 0 Å². The lowest BCUT2D eigenvalue weighted by Crippen LogP contribution is -2.10. The van der Waals surface area contributed by atoms with Gasteiger partial charge in [-0.3, -0.25) is 4.79 Å². The standard InChI is InChI=1S/C7H8F2N2O.C7H8N2O2/c1-7(8,9)5-3-4-6(12-2)11-10-5;1-5(10)6-3-4-7(11-2)9-8-6/h3-4H,1-2H3;3-4H,1-2H3. The van der Waals surface area contributed by atoms with Crippen LogP contribution in [0.4, 0.5) is 8.78 Å². The second-order valence-corrected chi connectivity index (χ2v) is 4.37. The normalized spacial score (nSPS) is 10.3. The summed E-state index contributed by atoms with van der Waals surface area (Å²) in [7, 11) is 2.89. The molecule has 2 rings (SSSR count). The number of nitrogens with zero attached hydrogens (tertiary/aromatic N) is 4. The Morgan fingerprint density at radius 3 is 1.78 bits per heavy atom. The van der Waals surface area contributed by atoms with Crippen molar-refractivity contribution in [3.63, 3.8) is 0 Å². The van der Waals surface area contributed by atoms with E-state index in [2.05, 4.69) is 25.1 Å². The highest BCUT2D eigenvalue weighted by Gasteiger charge is 2.26. The number of ether oxygens (including phenoxy) is 2. The van der Waals surface area contributed by atoms with Gasteiger partial charge in [-0.1, -0.05) is 0 Å². The molecule has 0 saturated heterocycles. The maximum atomic E-state index is 12.5. The topological polar surface area (TPSA) is 87.1 Å². The Balaban J connectivity index is 0.000000231. The summed E-state index contributed by atoms with van der Waals surface area (Å²) in [4.78, 5) is 10.7. The Bertz CT molecular complexity index is 628. The first kappa shape index (κ1) is 18.3. The summed E-state index contributed by atoms with van der Waals surface area (Å²) in [6.45, 7) is 2.21. The van der Waals surface area contributed by atoms with Gasteiger partial charge in [-0.15, -0.1) is 20.4 Å². The average Bonchev–Trinajstić information content (AvgIpc) is 2.54. The van der Waals surface area contributed by atoms with Gasteiger partial charge in [0.1, 0.15) is 11.4 Å². The Morgan fingerprint density at radius 2 is 1.48 bits per heavy atom. The van der Waals surface area contributed by atoms with Gasteiger partial charge in [0.15, 0.2) is 5.78 Å². The highest BCUT2D eigenvalue weighted by atomic mass is 19.3. The second kappa shape index (κ2) is 8.06. The molecule has 0 saturated carbocycles. The van der Waals surface area contributed by atoms with Crippen LogP contribution in [0, 0.1) is 0 Å². The van der Waals surface area contributed by atoms with E-state index >= 15 is 0 Å². The summed E-state index contributed by atoms with van der Waals surface area (Å²) in [6, 6.07) is 5.71. The van der Waals surface area contributed by atoms with Crippen molar-refractivity contribution >= 4 is 5.78 Å². The number of aromatic nitrogens is 4. The first-order chi connectivity index (χ1) is 10.8. The fourth-order valence-electron chi connectivity index (χ4n) is 1.28. The van der Waals surface area contributed by atoms with E-state index in [4.69, 9.17) is 4.74 Å². The van der Waals surface area contributed by atoms with E-state index in [-0.39, 0.29) is 17.4 Å². The Kier molecular flexibility index (Phi) is 6.43. The molecular weight excluding hydrogens is 310 g/mol. The van der Waals surface area contributed by atoms with Crippen LogP contribution in [0.1, 0.15) is 30.0 Å². The van der Waals surface area contributed by atoms with Crippen LogP contribution in [-0.4, -0.2) is 40.4 Å². The van der Waals surface area contributed by atoms with Crippen LogP contribution in [0.2, 0.25) is 0 Å². The van der Waals surface area contributed by atoms with Crippen LogP contribution in [-0.2, 0) is 5.92 Å². The fourth-order valence-corrected chi connectivity index (χ4v) is 1.28. The zero-order chi connectivity index (χ0) is 17.5. The number of halogens is 2. The minimum atomic E-state index is -2.95. The molecule has 0 spiro atoms. The maximum Gasteiger partial charge on any atom is 0.288 e. The van der Waals surface area contributed by atoms with Crippen molar-refractivity contribution in [2.75, 3.05) is 14.2 Å². The number of carbonyl (C=O) groups excluding carboxylic acids is 1. The smallest absolute Gasteiger partial charge is 0.288 e. The number of methoxy groups -OCH3 is 2. The van der Waals surface area contributed by atoms with Gasteiger partial charge in [-0.05, 0) is 12.1 Å². The van der Waals surface area contributed by atoms with Crippen LogP contribution in [0.5, 0.6) is 11.8 Å². The third kappa shape index (κ3) is 5.89. The minimum absolute atomic E-state index is 0.0971. The molecule has 0 amide bonds. The highest BCUT2D eigenvalue weighted by Crippen LogP contribution is 2.24. The Hall–Kier alpha value is -2.71. The summed E-state index contributed by atoms with van der Waals surface area (Å²) in [6.07, 6.45) is 0. The van der Waals surface area contributed by atoms with Gasteiger partial charge in [0, 0.05) is 26.0 Å². The fraction of sp³-hybridized carbons (Fsp3) is 0.357. The number of hydrogen-bond acceptors (Lipinski definition) is 7. The number of ketones is 1. The lowest BCUT2D eigenvalue weighted by Gasteiger charge is -2.07. The summed E-state index contributed by atoms with van der Waals surface area (Å²) in [5.74, 6) is -2.41. The van der Waals surface area contributed by atoms with Crippen molar-refractivity contribution in [3.8, 4) is 11.8 Å². The van der Waals surface area contributed by atoms with E-state index < -0.39 is 5.92 Å². The predicted octanol–water partition coefficient (Wildman–Crippen LogP) is 2.28. The summed E-state index contributed by atoms with van der Waals surface area (Å²) >= 11 is 0. The minimum Gasteiger partial charge on any atom is -0.480 e. The zero-order valence-electron chi connectivity index (χ0n) is 13.1. The monoisotopic (exact) mass is 326 g/mol. The molecule has 0 N–H and O–H groups in total. The third-order valence-corrected chi connectivity index (χ3v) is 2.51. The van der Waals surface area contributed by atoms with Gasteiger partial charge in [-0.25, -0.2) is 0 Å². The molecule has 2 aromatic heterocycles. The lowest BCUT2D eigenvalue weighted by molar-refractivity contribution is 0.0116. The molecule has 0 aliphatic heterocycles. The van der Waals surface area contributed by atoms with Crippen molar-refractivity contribution < 1.29 is 23.0 Å². The van der Waals surface area contributed by atoms with Crippen LogP contribution >= 0.6 is 0 Å². The van der Waals surface area contributed by atoms with Crippen molar-refractivity contribution in [2.45, 2.75) is 19.8 Å².